The highest BCUT2D eigenvalue weighted by molar-refractivity contribution is 8.00. The predicted molar refractivity (Wildman–Crippen MR) is 125 cm³/mol. The van der Waals surface area contributed by atoms with Crippen LogP contribution in [-0.4, -0.2) is 33.1 Å². The van der Waals surface area contributed by atoms with Gasteiger partial charge < -0.3 is 15.5 Å². The Bertz CT molecular complexity index is 1230. The zero-order chi connectivity index (χ0) is 21.9. The minimum absolute atomic E-state index is 0.142. The van der Waals surface area contributed by atoms with Gasteiger partial charge >= 0.3 is 0 Å². The number of carbonyl (C=O) groups excluding carboxylic acids is 1. The lowest BCUT2D eigenvalue weighted by atomic mass is 10.0. The van der Waals surface area contributed by atoms with E-state index in [0.29, 0.717) is 22.4 Å². The molecule has 2 heterocycles. The van der Waals surface area contributed by atoms with Gasteiger partial charge in [0.05, 0.1) is 18.8 Å². The number of benzene rings is 3. The molecule has 160 valence electrons. The van der Waals surface area contributed by atoms with E-state index in [-0.39, 0.29) is 11.9 Å². The third-order valence-electron chi connectivity index (χ3n) is 5.25. The van der Waals surface area contributed by atoms with Crippen molar-refractivity contribution >= 4 is 23.4 Å². The largest absolute Gasteiger partial charge is 0.495 e. The second-order valence-electron chi connectivity index (χ2n) is 7.25. The number of fused-ring (bicyclic) bond motifs is 1. The summed E-state index contributed by atoms with van der Waals surface area (Å²) in [4.78, 5) is 13.4. The van der Waals surface area contributed by atoms with Gasteiger partial charge in [-0.2, -0.15) is 0 Å². The van der Waals surface area contributed by atoms with Crippen LogP contribution in [-0.2, 0) is 4.79 Å². The van der Waals surface area contributed by atoms with Gasteiger partial charge in [-0.15, -0.1) is 10.2 Å². The Kier molecular flexibility index (Phi) is 5.51. The van der Waals surface area contributed by atoms with Gasteiger partial charge in [-0.1, -0.05) is 84.6 Å². The molecule has 0 bridgehead atoms. The maximum atomic E-state index is 13.4. The third-order valence-corrected chi connectivity index (χ3v) is 6.47. The normalized spacial score (nSPS) is 17.2. The molecule has 4 aromatic rings. The Balaban J connectivity index is 1.51. The van der Waals surface area contributed by atoms with Crippen LogP contribution in [0.4, 0.5) is 5.69 Å². The van der Waals surface area contributed by atoms with Crippen LogP contribution in [0.3, 0.4) is 0 Å². The number of amides is 1. The molecule has 32 heavy (non-hydrogen) atoms. The van der Waals surface area contributed by atoms with Crippen LogP contribution in [0.25, 0.3) is 11.4 Å². The van der Waals surface area contributed by atoms with Crippen LogP contribution >= 0.6 is 11.8 Å². The lowest BCUT2D eigenvalue weighted by molar-refractivity contribution is -0.116. The Morgan fingerprint density at radius 3 is 2.41 bits per heavy atom. The van der Waals surface area contributed by atoms with Gasteiger partial charge in [0.25, 0.3) is 0 Å². The molecule has 0 saturated heterocycles. The van der Waals surface area contributed by atoms with E-state index in [1.807, 2.05) is 89.6 Å². The van der Waals surface area contributed by atoms with Gasteiger partial charge in [-0.3, -0.25) is 4.79 Å². The molecule has 0 spiro atoms. The molecular weight excluding hydrogens is 422 g/mol. The van der Waals surface area contributed by atoms with Crippen molar-refractivity contribution in [3.8, 4) is 17.1 Å². The van der Waals surface area contributed by atoms with Crippen LogP contribution < -0.4 is 15.5 Å². The average molecular weight is 444 g/mol. The first-order valence-electron chi connectivity index (χ1n) is 10.2. The minimum atomic E-state index is -0.470. The highest BCUT2D eigenvalue weighted by atomic mass is 32.2. The number of anilines is 1. The summed E-state index contributed by atoms with van der Waals surface area (Å²) in [6.07, 6.45) is 0. The van der Waals surface area contributed by atoms with Crippen molar-refractivity contribution < 1.29 is 9.53 Å². The lowest BCUT2D eigenvalue weighted by Gasteiger charge is -2.33. The number of rotatable bonds is 5. The topological polar surface area (TPSA) is 81.1 Å². The molecule has 0 unspecified atom stereocenters. The van der Waals surface area contributed by atoms with Crippen molar-refractivity contribution in [2.45, 2.75) is 16.4 Å². The van der Waals surface area contributed by atoms with Crippen LogP contribution in [0.5, 0.6) is 5.75 Å². The van der Waals surface area contributed by atoms with E-state index < -0.39 is 5.25 Å². The molecule has 1 amide bonds. The highest BCUT2D eigenvalue weighted by Gasteiger charge is 2.38. The summed E-state index contributed by atoms with van der Waals surface area (Å²) >= 11 is 1.39. The molecule has 8 heteroatoms. The molecule has 7 nitrogen and oxygen atoms in total. The second-order valence-corrected chi connectivity index (χ2v) is 8.36. The maximum absolute atomic E-state index is 13.4. The zero-order valence-corrected chi connectivity index (χ0v) is 18.1. The van der Waals surface area contributed by atoms with Gasteiger partial charge in [0.2, 0.25) is 11.1 Å². The van der Waals surface area contributed by atoms with Gasteiger partial charge in [0, 0.05) is 5.56 Å². The average Bonchev–Trinajstić information content (AvgIpc) is 3.27. The van der Waals surface area contributed by atoms with E-state index in [9.17, 15) is 4.79 Å². The van der Waals surface area contributed by atoms with Gasteiger partial charge in [0.1, 0.15) is 11.0 Å². The number of ether oxygens (including phenoxy) is 1. The number of methoxy groups -OCH3 is 1. The molecule has 2 atom stereocenters. The summed E-state index contributed by atoms with van der Waals surface area (Å²) in [7, 11) is 1.59. The quantitative estimate of drug-likeness (QED) is 0.477. The summed E-state index contributed by atoms with van der Waals surface area (Å²) in [5.74, 6) is 1.18. The number of para-hydroxylation sites is 2. The smallest absolute Gasteiger partial charge is 0.240 e. The van der Waals surface area contributed by atoms with E-state index in [1.165, 1.54) is 11.8 Å². The first-order valence-corrected chi connectivity index (χ1v) is 11.1. The molecule has 1 aliphatic rings. The Morgan fingerprint density at radius 1 is 0.969 bits per heavy atom. The maximum Gasteiger partial charge on any atom is 0.240 e. The highest BCUT2D eigenvalue weighted by Crippen LogP contribution is 2.39. The molecule has 0 aliphatic carbocycles. The van der Waals surface area contributed by atoms with E-state index in [2.05, 4.69) is 20.9 Å². The summed E-state index contributed by atoms with van der Waals surface area (Å²) in [6.45, 7) is 0. The molecule has 1 aliphatic heterocycles. The first-order chi connectivity index (χ1) is 15.7. The Morgan fingerprint density at radius 2 is 1.66 bits per heavy atom. The molecule has 0 radical (unpaired) electrons. The standard InChI is InChI=1S/C24H21N5O2S/c1-31-19-15-9-8-14-18(19)25-23(30)21-20(16-10-4-2-5-11-16)28-29-22(26-27-24(29)32-21)17-12-6-3-7-13-17/h2-15,20-21,28H,1H3,(H,25,30)/t20-,21-/m0/s1. The number of nitrogens with zero attached hydrogens (tertiary/aromatic N) is 3. The predicted octanol–water partition coefficient (Wildman–Crippen LogP) is 4.35. The fraction of sp³-hybridized carbons (Fsp3) is 0.125. The van der Waals surface area contributed by atoms with Crippen molar-refractivity contribution in [3.63, 3.8) is 0 Å². The Labute approximate surface area is 189 Å². The number of thioether (sulfide) groups is 1. The molecule has 0 fully saturated rings. The van der Waals surface area contributed by atoms with E-state index in [0.717, 1.165) is 11.1 Å². The second kappa shape index (κ2) is 8.76. The van der Waals surface area contributed by atoms with Crippen molar-refractivity contribution in [2.24, 2.45) is 0 Å². The van der Waals surface area contributed by atoms with E-state index >= 15 is 0 Å². The summed E-state index contributed by atoms with van der Waals surface area (Å²) in [6, 6.07) is 26.9. The van der Waals surface area contributed by atoms with Crippen LogP contribution in [0.2, 0.25) is 0 Å². The summed E-state index contributed by atoms with van der Waals surface area (Å²) < 4.78 is 7.26. The molecule has 2 N–H and O–H groups in total. The van der Waals surface area contributed by atoms with Crippen molar-refractivity contribution in [2.75, 3.05) is 17.9 Å². The zero-order valence-electron chi connectivity index (χ0n) is 17.3. The van der Waals surface area contributed by atoms with Crippen LogP contribution in [0.15, 0.2) is 90.1 Å². The monoisotopic (exact) mass is 443 g/mol. The van der Waals surface area contributed by atoms with Gasteiger partial charge in [-0.25, -0.2) is 4.68 Å². The minimum Gasteiger partial charge on any atom is -0.495 e. The molecular formula is C24H21N5O2S. The first kappa shape index (κ1) is 20.1. The fourth-order valence-electron chi connectivity index (χ4n) is 3.69. The molecule has 1 aromatic heterocycles. The van der Waals surface area contributed by atoms with Gasteiger partial charge in [-0.05, 0) is 17.7 Å². The third kappa shape index (κ3) is 3.80. The van der Waals surface area contributed by atoms with Gasteiger partial charge in [0.15, 0.2) is 5.82 Å². The molecule has 0 saturated carbocycles. The van der Waals surface area contributed by atoms with E-state index in [4.69, 9.17) is 4.74 Å². The molecule has 5 rings (SSSR count). The number of hydrogen-bond acceptors (Lipinski definition) is 6. The fourth-order valence-corrected chi connectivity index (χ4v) is 4.77. The Hall–Kier alpha value is -3.78. The number of aromatic nitrogens is 3. The summed E-state index contributed by atoms with van der Waals surface area (Å²) in [5.41, 5.74) is 6.06. The van der Waals surface area contributed by atoms with Crippen LogP contribution in [0.1, 0.15) is 11.6 Å². The van der Waals surface area contributed by atoms with Crippen molar-refractivity contribution in [3.05, 3.63) is 90.5 Å². The summed E-state index contributed by atoms with van der Waals surface area (Å²) in [5, 5.41) is 11.9. The number of hydrogen-bond donors (Lipinski definition) is 2. The van der Waals surface area contributed by atoms with Crippen molar-refractivity contribution in [1.29, 1.82) is 0 Å². The van der Waals surface area contributed by atoms with Crippen LogP contribution in [0, 0.1) is 0 Å². The number of carbonyl (C=O) groups is 1. The van der Waals surface area contributed by atoms with Crippen molar-refractivity contribution in [1.82, 2.24) is 14.9 Å². The SMILES string of the molecule is COc1ccccc1NC(=O)[C@H]1Sc2nnc(-c3ccccc3)n2N[C@H]1c1ccccc1. The number of nitrogens with one attached hydrogen (secondary N) is 2. The molecule has 3 aromatic carbocycles. The lowest BCUT2D eigenvalue weighted by Crippen LogP contribution is -2.41. The van der Waals surface area contributed by atoms with E-state index in [1.54, 1.807) is 7.11 Å².